The third-order valence-electron chi connectivity index (χ3n) is 3.89. The number of carbonyl (C=O) groups excluding carboxylic acids is 1. The molecule has 0 N–H and O–H groups in total. The van der Waals surface area contributed by atoms with Gasteiger partial charge in [0.1, 0.15) is 0 Å². The van der Waals surface area contributed by atoms with E-state index < -0.39 is 9.84 Å². The van der Waals surface area contributed by atoms with E-state index in [1.807, 2.05) is 0 Å². The van der Waals surface area contributed by atoms with Gasteiger partial charge in [-0.2, -0.15) is 0 Å². The third kappa shape index (κ3) is 2.24. The lowest BCUT2D eigenvalue weighted by atomic mass is 10.1. The average molecular weight is 288 g/mol. The lowest BCUT2D eigenvalue weighted by Crippen LogP contribution is -2.08. The molecule has 2 aliphatic carbocycles. The lowest BCUT2D eigenvalue weighted by Gasteiger charge is -2.11. The zero-order valence-corrected chi connectivity index (χ0v) is 11.9. The molecule has 0 aliphatic heterocycles. The minimum absolute atomic E-state index is 0.0256. The molecule has 0 aromatic heterocycles. The van der Waals surface area contributed by atoms with Crippen molar-refractivity contribution in [2.24, 2.45) is 0 Å². The van der Waals surface area contributed by atoms with Gasteiger partial charge in [0.25, 0.3) is 0 Å². The molecule has 1 aromatic carbocycles. The van der Waals surface area contributed by atoms with Gasteiger partial charge >= 0.3 is 0 Å². The molecule has 0 atom stereocenters. The molecule has 0 spiro atoms. The monoisotopic (exact) mass is 288 g/mol. The van der Waals surface area contributed by atoms with Gasteiger partial charge in [0, 0.05) is 6.42 Å². The largest absolute Gasteiger partial charge is 0.294 e. The fraction of sp³-hybridized carbons (Fsp3) is 0.312. The molecule has 0 saturated heterocycles. The summed E-state index contributed by atoms with van der Waals surface area (Å²) in [5.41, 5.74) is 1.69. The molecule has 3 nitrogen and oxygen atoms in total. The van der Waals surface area contributed by atoms with Gasteiger partial charge in [-0.25, -0.2) is 8.42 Å². The lowest BCUT2D eigenvalue weighted by molar-refractivity contribution is -0.113. The molecular formula is C16H16O3S. The Bertz CT molecular complexity index is 709. The summed E-state index contributed by atoms with van der Waals surface area (Å²) in [4.78, 5) is 12.4. The topological polar surface area (TPSA) is 51.2 Å². The maximum atomic E-state index is 12.8. The summed E-state index contributed by atoms with van der Waals surface area (Å²) in [5.74, 6) is 0.0256. The van der Waals surface area contributed by atoms with Crippen LogP contribution in [0.4, 0.5) is 0 Å². The molecule has 0 saturated carbocycles. The number of allylic oxidation sites excluding steroid dienone is 4. The Hall–Kier alpha value is -1.68. The zero-order valence-electron chi connectivity index (χ0n) is 11.1. The fourth-order valence-electron chi connectivity index (χ4n) is 2.91. The van der Waals surface area contributed by atoms with Crippen LogP contribution in [0, 0.1) is 0 Å². The highest BCUT2D eigenvalue weighted by Crippen LogP contribution is 2.38. The van der Waals surface area contributed by atoms with E-state index in [1.165, 1.54) is 0 Å². The number of hydrogen-bond acceptors (Lipinski definition) is 3. The fourth-order valence-corrected chi connectivity index (χ4v) is 4.65. The van der Waals surface area contributed by atoms with E-state index >= 15 is 0 Å². The van der Waals surface area contributed by atoms with Crippen molar-refractivity contribution in [3.63, 3.8) is 0 Å². The number of hydrogen-bond donors (Lipinski definition) is 0. The molecule has 4 heteroatoms. The summed E-state index contributed by atoms with van der Waals surface area (Å²) in [6, 6.07) is 8.49. The SMILES string of the molecule is O=C1C=C2CCCCC(S(=O)(=O)c3ccccc3)=C2C1. The summed E-state index contributed by atoms with van der Waals surface area (Å²) in [5, 5.41) is 0. The first kappa shape index (κ1) is 13.3. The van der Waals surface area contributed by atoms with Crippen LogP contribution in [-0.4, -0.2) is 14.2 Å². The van der Waals surface area contributed by atoms with Crippen molar-refractivity contribution >= 4 is 15.6 Å². The number of ketones is 1. The highest BCUT2D eigenvalue weighted by atomic mass is 32.2. The predicted molar refractivity (Wildman–Crippen MR) is 76.8 cm³/mol. The van der Waals surface area contributed by atoms with Crippen LogP contribution in [0.3, 0.4) is 0 Å². The van der Waals surface area contributed by atoms with Gasteiger partial charge in [0.05, 0.1) is 9.80 Å². The Kier molecular flexibility index (Phi) is 3.34. The second-order valence-corrected chi connectivity index (χ2v) is 7.21. The smallest absolute Gasteiger partial charge is 0.203 e. The van der Waals surface area contributed by atoms with Crippen molar-refractivity contribution in [2.75, 3.05) is 0 Å². The van der Waals surface area contributed by atoms with Crippen LogP contribution in [-0.2, 0) is 14.6 Å². The summed E-state index contributed by atoms with van der Waals surface area (Å²) in [7, 11) is -3.48. The number of rotatable bonds is 2. The Balaban J connectivity index is 2.15. The van der Waals surface area contributed by atoms with Crippen LogP contribution >= 0.6 is 0 Å². The van der Waals surface area contributed by atoms with E-state index in [0.717, 1.165) is 30.4 Å². The zero-order chi connectivity index (χ0) is 14.2. The number of carbonyl (C=O) groups is 1. The second kappa shape index (κ2) is 5.02. The van der Waals surface area contributed by atoms with Crippen molar-refractivity contribution in [3.05, 3.63) is 52.5 Å². The highest BCUT2D eigenvalue weighted by molar-refractivity contribution is 7.95. The normalized spacial score (nSPS) is 19.6. The van der Waals surface area contributed by atoms with Crippen LogP contribution in [0.5, 0.6) is 0 Å². The number of benzene rings is 1. The van der Waals surface area contributed by atoms with E-state index in [0.29, 0.717) is 16.2 Å². The summed E-state index contributed by atoms with van der Waals surface area (Å²) < 4.78 is 25.6. The van der Waals surface area contributed by atoms with E-state index in [9.17, 15) is 13.2 Å². The van der Waals surface area contributed by atoms with E-state index in [1.54, 1.807) is 36.4 Å². The van der Waals surface area contributed by atoms with Gasteiger partial charge in [-0.05, 0) is 55.0 Å². The van der Waals surface area contributed by atoms with Gasteiger partial charge in [0.15, 0.2) is 5.78 Å². The van der Waals surface area contributed by atoms with Gasteiger partial charge < -0.3 is 0 Å². The molecule has 0 amide bonds. The maximum absolute atomic E-state index is 12.8. The molecule has 0 bridgehead atoms. The number of sulfone groups is 1. The quantitative estimate of drug-likeness (QED) is 0.839. The average Bonchev–Trinajstić information content (AvgIpc) is 2.68. The van der Waals surface area contributed by atoms with Crippen LogP contribution < -0.4 is 0 Å². The van der Waals surface area contributed by atoms with Crippen molar-refractivity contribution in [2.45, 2.75) is 37.0 Å². The van der Waals surface area contributed by atoms with Crippen molar-refractivity contribution < 1.29 is 13.2 Å². The standard InChI is InChI=1S/C16H16O3S/c17-13-10-12-6-4-5-9-16(15(12)11-13)20(18,19)14-7-2-1-3-8-14/h1-3,7-8,10H,4-6,9,11H2. The third-order valence-corrected chi connectivity index (χ3v) is 5.88. The van der Waals surface area contributed by atoms with Gasteiger partial charge in [-0.3, -0.25) is 4.79 Å². The van der Waals surface area contributed by atoms with Crippen molar-refractivity contribution in [1.29, 1.82) is 0 Å². The summed E-state index contributed by atoms with van der Waals surface area (Å²) in [6.07, 6.45) is 5.02. The highest BCUT2D eigenvalue weighted by Gasteiger charge is 2.30. The molecule has 0 radical (unpaired) electrons. The van der Waals surface area contributed by atoms with Crippen LogP contribution in [0.2, 0.25) is 0 Å². The molecule has 104 valence electrons. The van der Waals surface area contributed by atoms with Gasteiger partial charge in [0.2, 0.25) is 9.84 Å². The molecular weight excluding hydrogens is 272 g/mol. The molecule has 2 aliphatic rings. The van der Waals surface area contributed by atoms with Crippen LogP contribution in [0.25, 0.3) is 0 Å². The molecule has 20 heavy (non-hydrogen) atoms. The number of fused-ring (bicyclic) bond motifs is 1. The van der Waals surface area contributed by atoms with Gasteiger partial charge in [-0.15, -0.1) is 0 Å². The van der Waals surface area contributed by atoms with Crippen molar-refractivity contribution in [3.8, 4) is 0 Å². The minimum atomic E-state index is -3.48. The van der Waals surface area contributed by atoms with Crippen LogP contribution in [0.15, 0.2) is 57.4 Å². The van der Waals surface area contributed by atoms with Crippen LogP contribution in [0.1, 0.15) is 32.1 Å². The van der Waals surface area contributed by atoms with E-state index in [-0.39, 0.29) is 12.2 Å². The minimum Gasteiger partial charge on any atom is -0.294 e. The summed E-state index contributed by atoms with van der Waals surface area (Å²) in [6.45, 7) is 0. The molecule has 3 rings (SSSR count). The first-order valence-electron chi connectivity index (χ1n) is 6.85. The molecule has 0 fully saturated rings. The molecule has 0 heterocycles. The first-order valence-corrected chi connectivity index (χ1v) is 8.33. The maximum Gasteiger partial charge on any atom is 0.203 e. The van der Waals surface area contributed by atoms with Gasteiger partial charge in [-0.1, -0.05) is 18.2 Å². The predicted octanol–water partition coefficient (Wildman–Crippen LogP) is 3.19. The van der Waals surface area contributed by atoms with Crippen molar-refractivity contribution in [1.82, 2.24) is 0 Å². The Morgan fingerprint density at radius 1 is 0.950 bits per heavy atom. The van der Waals surface area contributed by atoms with E-state index in [4.69, 9.17) is 0 Å². The summed E-state index contributed by atoms with van der Waals surface area (Å²) >= 11 is 0. The second-order valence-electron chi connectivity index (χ2n) is 5.24. The first-order chi connectivity index (χ1) is 9.59. The van der Waals surface area contributed by atoms with E-state index in [2.05, 4.69) is 0 Å². The molecule has 1 aromatic rings. The Labute approximate surface area is 118 Å². The Morgan fingerprint density at radius 3 is 2.40 bits per heavy atom. The molecule has 0 unspecified atom stereocenters. The Morgan fingerprint density at radius 2 is 1.65 bits per heavy atom.